The third kappa shape index (κ3) is 7.13. The van der Waals surface area contributed by atoms with E-state index in [-0.39, 0.29) is 11.9 Å². The normalized spacial score (nSPS) is 29.4. The molecule has 22 heavy (non-hydrogen) atoms. The number of rotatable bonds is 3. The molecule has 2 rings (SSSR count). The summed E-state index contributed by atoms with van der Waals surface area (Å²) in [5.74, 6) is 1.18. The summed E-state index contributed by atoms with van der Waals surface area (Å²) < 4.78 is 4.81. The van der Waals surface area contributed by atoms with Gasteiger partial charge in [-0.15, -0.1) is 0 Å². The van der Waals surface area contributed by atoms with Gasteiger partial charge in [0.15, 0.2) is 0 Å². The Morgan fingerprint density at radius 2 is 1.55 bits per heavy atom. The molecule has 0 unspecified atom stereocenters. The molecule has 0 atom stereocenters. The highest BCUT2D eigenvalue weighted by molar-refractivity contribution is 5.72. The summed E-state index contributed by atoms with van der Waals surface area (Å²) in [6.07, 6.45) is 11.4. The quantitative estimate of drug-likeness (QED) is 0.761. The molecule has 0 aromatic rings. The Morgan fingerprint density at radius 3 is 1.86 bits per heavy atom. The number of hydrogen-bond acceptors (Lipinski definition) is 3. The van der Waals surface area contributed by atoms with E-state index in [0.717, 1.165) is 18.8 Å². The Hall–Kier alpha value is -0.570. The predicted molar refractivity (Wildman–Crippen MR) is 95.0 cm³/mol. The zero-order valence-electron chi connectivity index (χ0n) is 15.8. The summed E-state index contributed by atoms with van der Waals surface area (Å²) >= 11 is 0. The number of hydrogen-bond donors (Lipinski definition) is 1. The van der Waals surface area contributed by atoms with Gasteiger partial charge in [0.2, 0.25) is 0 Å². The molecule has 1 N–H and O–H groups in total. The van der Waals surface area contributed by atoms with Gasteiger partial charge < -0.3 is 10.1 Å². The van der Waals surface area contributed by atoms with Crippen LogP contribution in [0.5, 0.6) is 0 Å². The minimum atomic E-state index is 0.0104. The van der Waals surface area contributed by atoms with Crippen molar-refractivity contribution in [1.82, 2.24) is 5.32 Å². The van der Waals surface area contributed by atoms with Crippen LogP contribution in [0.15, 0.2) is 0 Å². The number of ether oxygens (including phenoxy) is 1. The zero-order valence-corrected chi connectivity index (χ0v) is 15.8. The second-order valence-corrected chi connectivity index (χ2v) is 6.98. The van der Waals surface area contributed by atoms with Gasteiger partial charge in [0.05, 0.1) is 13.0 Å². The molecule has 132 valence electrons. The fraction of sp³-hybridized carbons (Fsp3) is 0.947. The number of esters is 1. The Balaban J connectivity index is 0.000000537. The van der Waals surface area contributed by atoms with Gasteiger partial charge in [-0.3, -0.25) is 4.79 Å². The average molecular weight is 314 g/mol. The van der Waals surface area contributed by atoms with Gasteiger partial charge in [0.25, 0.3) is 0 Å². The third-order valence-corrected chi connectivity index (χ3v) is 5.10. The lowest BCUT2D eigenvalue weighted by Crippen LogP contribution is -2.41. The predicted octanol–water partition coefficient (Wildman–Crippen LogP) is 4.80. The van der Waals surface area contributed by atoms with Crippen LogP contribution in [-0.2, 0) is 9.53 Å². The van der Waals surface area contributed by atoms with E-state index >= 15 is 0 Å². The van der Waals surface area contributed by atoms with E-state index in [0.29, 0.717) is 5.41 Å². The van der Waals surface area contributed by atoms with E-state index in [9.17, 15) is 4.79 Å². The van der Waals surface area contributed by atoms with Crippen LogP contribution in [0, 0.1) is 17.3 Å². The number of nitrogens with one attached hydrogen (secondary N) is 1. The molecule has 0 bridgehead atoms. The smallest absolute Gasteiger partial charge is 0.308 e. The maximum absolute atomic E-state index is 11.4. The molecular formula is C19H39NO2. The lowest BCUT2D eigenvalue weighted by Gasteiger charge is -2.51. The standard InChI is InChI=1S/C13H22O2.C4H10.C2H7N/c1-3-10-8-13(9-10)6-4-11(5-7-13)12(14)15-2;1-3-4-2;1-3-2/h10-11H,3-9H2,1-2H3;3-4H2,1-2H3;3H,1-2H3. The van der Waals surface area contributed by atoms with Gasteiger partial charge in [-0.25, -0.2) is 0 Å². The van der Waals surface area contributed by atoms with Crippen LogP contribution in [0.1, 0.15) is 78.6 Å². The van der Waals surface area contributed by atoms with E-state index in [1.165, 1.54) is 52.1 Å². The molecule has 1 spiro atoms. The van der Waals surface area contributed by atoms with Crippen LogP contribution in [0.2, 0.25) is 0 Å². The third-order valence-electron chi connectivity index (χ3n) is 5.10. The highest BCUT2D eigenvalue weighted by Gasteiger charge is 2.46. The van der Waals surface area contributed by atoms with Crippen LogP contribution in [0.4, 0.5) is 0 Å². The van der Waals surface area contributed by atoms with Crippen LogP contribution in [0.3, 0.4) is 0 Å². The number of carbonyl (C=O) groups is 1. The molecule has 0 radical (unpaired) electrons. The molecule has 3 nitrogen and oxygen atoms in total. The minimum Gasteiger partial charge on any atom is -0.469 e. The first-order valence-electron chi connectivity index (χ1n) is 9.18. The molecule has 0 aromatic heterocycles. The zero-order chi connectivity index (χ0) is 17.0. The Morgan fingerprint density at radius 1 is 1.09 bits per heavy atom. The van der Waals surface area contributed by atoms with Crippen molar-refractivity contribution in [2.24, 2.45) is 17.3 Å². The summed E-state index contributed by atoms with van der Waals surface area (Å²) in [6, 6.07) is 0. The van der Waals surface area contributed by atoms with E-state index < -0.39 is 0 Å². The van der Waals surface area contributed by atoms with Crippen LogP contribution >= 0.6 is 0 Å². The first-order chi connectivity index (χ1) is 10.5. The number of unbranched alkanes of at least 4 members (excludes halogenated alkanes) is 1. The fourth-order valence-corrected chi connectivity index (χ4v) is 3.49. The SMILES string of the molecule is CCC1CC2(CCC(C(=O)OC)CC2)C1.CCCC.CNC. The van der Waals surface area contributed by atoms with Gasteiger partial charge in [-0.05, 0) is 64.0 Å². The monoisotopic (exact) mass is 313 g/mol. The lowest BCUT2D eigenvalue weighted by molar-refractivity contribution is -0.148. The summed E-state index contributed by atoms with van der Waals surface area (Å²) in [4.78, 5) is 11.4. The molecule has 2 aliphatic carbocycles. The largest absolute Gasteiger partial charge is 0.469 e. The summed E-state index contributed by atoms with van der Waals surface area (Å²) in [7, 11) is 5.25. The number of methoxy groups -OCH3 is 1. The van der Waals surface area contributed by atoms with Crippen molar-refractivity contribution in [3.8, 4) is 0 Å². The molecule has 0 heterocycles. The summed E-state index contributed by atoms with van der Waals surface area (Å²) in [5, 5.41) is 2.75. The second-order valence-electron chi connectivity index (χ2n) is 6.98. The van der Waals surface area contributed by atoms with Gasteiger partial charge in [0.1, 0.15) is 0 Å². The first kappa shape index (κ1) is 21.4. The molecule has 2 fully saturated rings. The Kier molecular flexibility index (Phi) is 11.6. The van der Waals surface area contributed by atoms with Crippen LogP contribution in [0.25, 0.3) is 0 Å². The van der Waals surface area contributed by atoms with Gasteiger partial charge in [-0.1, -0.05) is 40.0 Å². The van der Waals surface area contributed by atoms with Crippen molar-refractivity contribution in [3.05, 3.63) is 0 Å². The van der Waals surface area contributed by atoms with Gasteiger partial charge in [0, 0.05) is 0 Å². The van der Waals surface area contributed by atoms with Crippen molar-refractivity contribution in [2.75, 3.05) is 21.2 Å². The molecule has 0 aromatic carbocycles. The van der Waals surface area contributed by atoms with Gasteiger partial charge >= 0.3 is 5.97 Å². The highest BCUT2D eigenvalue weighted by Crippen LogP contribution is 2.56. The van der Waals surface area contributed by atoms with E-state index in [4.69, 9.17) is 4.74 Å². The topological polar surface area (TPSA) is 38.3 Å². The number of carbonyl (C=O) groups excluding carboxylic acids is 1. The van der Waals surface area contributed by atoms with Crippen molar-refractivity contribution >= 4 is 5.97 Å². The maximum Gasteiger partial charge on any atom is 0.308 e. The highest BCUT2D eigenvalue weighted by atomic mass is 16.5. The maximum atomic E-state index is 11.4. The molecule has 2 aliphatic rings. The fourth-order valence-electron chi connectivity index (χ4n) is 3.49. The molecule has 0 saturated heterocycles. The Bertz CT molecular complexity index is 273. The van der Waals surface area contributed by atoms with Crippen molar-refractivity contribution in [3.63, 3.8) is 0 Å². The minimum absolute atomic E-state index is 0.0104. The van der Waals surface area contributed by atoms with Crippen molar-refractivity contribution in [1.29, 1.82) is 0 Å². The first-order valence-corrected chi connectivity index (χ1v) is 9.18. The molecule has 0 aliphatic heterocycles. The second kappa shape index (κ2) is 11.9. The van der Waals surface area contributed by atoms with Gasteiger partial charge in [-0.2, -0.15) is 0 Å². The van der Waals surface area contributed by atoms with Crippen molar-refractivity contribution < 1.29 is 9.53 Å². The lowest BCUT2D eigenvalue weighted by atomic mass is 9.54. The molecule has 0 amide bonds. The average Bonchev–Trinajstić information content (AvgIpc) is 2.53. The molecule has 2 saturated carbocycles. The van der Waals surface area contributed by atoms with Crippen LogP contribution in [-0.4, -0.2) is 27.2 Å². The van der Waals surface area contributed by atoms with Crippen molar-refractivity contribution in [2.45, 2.75) is 78.6 Å². The summed E-state index contributed by atoms with van der Waals surface area (Å²) in [6.45, 7) is 6.65. The van der Waals surface area contributed by atoms with E-state index in [2.05, 4.69) is 26.1 Å². The molecule has 3 heteroatoms. The summed E-state index contributed by atoms with van der Waals surface area (Å²) in [5.41, 5.74) is 0.630. The van der Waals surface area contributed by atoms with Crippen LogP contribution < -0.4 is 5.32 Å². The van der Waals surface area contributed by atoms with E-state index in [1.54, 1.807) is 0 Å². The van der Waals surface area contributed by atoms with E-state index in [1.807, 2.05) is 14.1 Å². The molecular weight excluding hydrogens is 274 g/mol. The Labute approximate surface area is 138 Å².